The van der Waals surface area contributed by atoms with Gasteiger partial charge in [-0.05, 0) is 17.2 Å². The molecule has 1 amide bonds. The summed E-state index contributed by atoms with van der Waals surface area (Å²) in [6.45, 7) is 1.29. The molecule has 3 aromatic carbocycles. The molecular weight excluding hydrogens is 412 g/mol. The van der Waals surface area contributed by atoms with Crippen LogP contribution in [0.5, 0.6) is 5.75 Å². The Balaban J connectivity index is 1.48. The standard InChI is InChI=1S/C27H26N4O2/c1-33-25-14-8-7-13-22(25)21-12-6-5-11-20(21)17-29-16-15-24-23(26(28)32)18-30-27(31-24)19-9-3-2-4-10-19/h2-14,18,29H,15-17H2,1H3,(H2,28,32). The van der Waals surface area contributed by atoms with Gasteiger partial charge >= 0.3 is 0 Å². The van der Waals surface area contributed by atoms with Crippen molar-refractivity contribution in [2.45, 2.75) is 13.0 Å². The third kappa shape index (κ3) is 5.25. The minimum absolute atomic E-state index is 0.353. The van der Waals surface area contributed by atoms with E-state index in [2.05, 4.69) is 33.5 Å². The summed E-state index contributed by atoms with van der Waals surface area (Å²) in [7, 11) is 1.68. The highest BCUT2D eigenvalue weighted by Gasteiger charge is 2.13. The third-order valence-corrected chi connectivity index (χ3v) is 5.43. The van der Waals surface area contributed by atoms with Crippen molar-refractivity contribution in [3.8, 4) is 28.3 Å². The Kier molecular flexibility index (Phi) is 7.07. The SMILES string of the molecule is COc1ccccc1-c1ccccc1CNCCc1nc(-c2ccccc2)ncc1C(N)=O. The second-order valence-electron chi connectivity index (χ2n) is 7.57. The van der Waals surface area contributed by atoms with Crippen molar-refractivity contribution < 1.29 is 9.53 Å². The molecule has 166 valence electrons. The number of carbonyl (C=O) groups excluding carboxylic acids is 1. The van der Waals surface area contributed by atoms with E-state index < -0.39 is 5.91 Å². The number of methoxy groups -OCH3 is 1. The molecule has 4 rings (SSSR count). The average Bonchev–Trinajstić information content (AvgIpc) is 2.87. The second-order valence-corrected chi connectivity index (χ2v) is 7.57. The molecule has 1 heterocycles. The van der Waals surface area contributed by atoms with Crippen LogP contribution in [0, 0.1) is 0 Å². The number of carbonyl (C=O) groups is 1. The van der Waals surface area contributed by atoms with Gasteiger partial charge in [-0.3, -0.25) is 4.79 Å². The first-order valence-corrected chi connectivity index (χ1v) is 10.8. The van der Waals surface area contributed by atoms with Crippen molar-refractivity contribution in [3.63, 3.8) is 0 Å². The summed E-state index contributed by atoms with van der Waals surface area (Å²) in [5, 5.41) is 3.47. The van der Waals surface area contributed by atoms with Crippen molar-refractivity contribution in [1.29, 1.82) is 0 Å². The molecule has 4 aromatic rings. The van der Waals surface area contributed by atoms with Crippen LogP contribution in [0.15, 0.2) is 85.1 Å². The highest BCUT2D eigenvalue weighted by Crippen LogP contribution is 2.32. The van der Waals surface area contributed by atoms with Gasteiger partial charge < -0.3 is 15.8 Å². The summed E-state index contributed by atoms with van der Waals surface area (Å²) in [5.41, 5.74) is 10.8. The first-order valence-electron chi connectivity index (χ1n) is 10.8. The molecule has 6 nitrogen and oxygen atoms in total. The largest absolute Gasteiger partial charge is 0.496 e. The Labute approximate surface area is 193 Å². The maximum atomic E-state index is 11.9. The lowest BCUT2D eigenvalue weighted by atomic mass is 9.98. The van der Waals surface area contributed by atoms with E-state index in [0.717, 1.165) is 28.0 Å². The van der Waals surface area contributed by atoms with Crippen molar-refractivity contribution in [3.05, 3.63) is 102 Å². The molecule has 0 spiro atoms. The normalized spacial score (nSPS) is 10.7. The van der Waals surface area contributed by atoms with Gasteiger partial charge in [0.2, 0.25) is 0 Å². The molecule has 0 saturated carbocycles. The Morgan fingerprint density at radius 2 is 1.64 bits per heavy atom. The van der Waals surface area contributed by atoms with Gasteiger partial charge in [0.05, 0.1) is 18.4 Å². The Bertz CT molecular complexity index is 1240. The van der Waals surface area contributed by atoms with Gasteiger partial charge in [0.25, 0.3) is 5.91 Å². The zero-order valence-electron chi connectivity index (χ0n) is 18.5. The highest BCUT2D eigenvalue weighted by atomic mass is 16.5. The lowest BCUT2D eigenvalue weighted by Gasteiger charge is -2.14. The summed E-state index contributed by atoms with van der Waals surface area (Å²) in [5.74, 6) is 0.897. The number of benzene rings is 3. The minimum atomic E-state index is -0.522. The fraction of sp³-hybridized carbons (Fsp3) is 0.148. The summed E-state index contributed by atoms with van der Waals surface area (Å²) >= 11 is 0. The number of rotatable bonds is 9. The van der Waals surface area contributed by atoms with E-state index in [1.807, 2.05) is 60.7 Å². The van der Waals surface area contributed by atoms with E-state index in [0.29, 0.717) is 36.6 Å². The van der Waals surface area contributed by atoms with Crippen LogP contribution in [-0.4, -0.2) is 29.5 Å². The molecule has 0 atom stereocenters. The molecule has 33 heavy (non-hydrogen) atoms. The number of amides is 1. The zero-order valence-corrected chi connectivity index (χ0v) is 18.5. The van der Waals surface area contributed by atoms with Crippen LogP contribution in [0.3, 0.4) is 0 Å². The molecule has 0 unspecified atom stereocenters. The Morgan fingerprint density at radius 3 is 2.39 bits per heavy atom. The maximum Gasteiger partial charge on any atom is 0.252 e. The molecule has 0 aliphatic heterocycles. The highest BCUT2D eigenvalue weighted by molar-refractivity contribution is 5.93. The summed E-state index contributed by atoms with van der Waals surface area (Å²) < 4.78 is 5.54. The lowest BCUT2D eigenvalue weighted by Crippen LogP contribution is -2.21. The monoisotopic (exact) mass is 438 g/mol. The number of hydrogen-bond acceptors (Lipinski definition) is 5. The van der Waals surface area contributed by atoms with Crippen LogP contribution in [0.2, 0.25) is 0 Å². The van der Waals surface area contributed by atoms with Crippen LogP contribution >= 0.6 is 0 Å². The number of primary amides is 1. The molecule has 0 radical (unpaired) electrons. The van der Waals surface area contributed by atoms with E-state index in [-0.39, 0.29) is 0 Å². The average molecular weight is 439 g/mol. The third-order valence-electron chi connectivity index (χ3n) is 5.43. The predicted molar refractivity (Wildman–Crippen MR) is 130 cm³/mol. The van der Waals surface area contributed by atoms with Crippen LogP contribution in [0.1, 0.15) is 21.6 Å². The van der Waals surface area contributed by atoms with E-state index in [1.54, 1.807) is 7.11 Å². The molecular formula is C27H26N4O2. The number of para-hydroxylation sites is 1. The van der Waals surface area contributed by atoms with Crippen molar-refractivity contribution in [2.24, 2.45) is 5.73 Å². The molecule has 6 heteroatoms. The quantitative estimate of drug-likeness (QED) is 0.381. The van der Waals surface area contributed by atoms with Gasteiger partial charge in [-0.1, -0.05) is 72.8 Å². The number of nitrogens with one attached hydrogen (secondary N) is 1. The molecule has 0 bridgehead atoms. The molecule has 3 N–H and O–H groups in total. The second kappa shape index (κ2) is 10.5. The number of ether oxygens (including phenoxy) is 1. The number of hydrogen-bond donors (Lipinski definition) is 2. The minimum Gasteiger partial charge on any atom is -0.496 e. The first kappa shape index (κ1) is 22.2. The molecule has 0 aliphatic carbocycles. The van der Waals surface area contributed by atoms with Gasteiger partial charge in [0.15, 0.2) is 5.82 Å². The predicted octanol–water partition coefficient (Wildman–Crippen LogP) is 4.25. The molecule has 1 aromatic heterocycles. The van der Waals surface area contributed by atoms with E-state index in [4.69, 9.17) is 10.5 Å². The lowest BCUT2D eigenvalue weighted by molar-refractivity contribution is 0.0998. The number of aromatic nitrogens is 2. The van der Waals surface area contributed by atoms with Crippen molar-refractivity contribution >= 4 is 5.91 Å². The van der Waals surface area contributed by atoms with Crippen molar-refractivity contribution in [2.75, 3.05) is 13.7 Å². The van der Waals surface area contributed by atoms with E-state index in [9.17, 15) is 4.79 Å². The van der Waals surface area contributed by atoms with Gasteiger partial charge in [-0.25, -0.2) is 9.97 Å². The van der Waals surface area contributed by atoms with E-state index in [1.165, 1.54) is 6.20 Å². The zero-order chi connectivity index (χ0) is 23.0. The van der Waals surface area contributed by atoms with Gasteiger partial charge in [0, 0.05) is 36.8 Å². The van der Waals surface area contributed by atoms with Crippen molar-refractivity contribution in [1.82, 2.24) is 15.3 Å². The topological polar surface area (TPSA) is 90.1 Å². The fourth-order valence-corrected chi connectivity index (χ4v) is 3.77. The molecule has 0 aliphatic rings. The smallest absolute Gasteiger partial charge is 0.252 e. The Hall–Kier alpha value is -4.03. The summed E-state index contributed by atoms with van der Waals surface area (Å²) in [4.78, 5) is 20.8. The summed E-state index contributed by atoms with van der Waals surface area (Å²) in [6.07, 6.45) is 2.07. The molecule has 0 fully saturated rings. The van der Waals surface area contributed by atoms with Gasteiger partial charge in [-0.2, -0.15) is 0 Å². The summed E-state index contributed by atoms with van der Waals surface area (Å²) in [6, 6.07) is 25.9. The maximum absolute atomic E-state index is 11.9. The van der Waals surface area contributed by atoms with Gasteiger partial charge in [0.1, 0.15) is 5.75 Å². The van der Waals surface area contributed by atoms with Crippen LogP contribution < -0.4 is 15.8 Å². The molecule has 0 saturated heterocycles. The van der Waals surface area contributed by atoms with Crippen LogP contribution in [0.25, 0.3) is 22.5 Å². The van der Waals surface area contributed by atoms with Crippen LogP contribution in [-0.2, 0) is 13.0 Å². The van der Waals surface area contributed by atoms with E-state index >= 15 is 0 Å². The fourth-order valence-electron chi connectivity index (χ4n) is 3.77. The van der Waals surface area contributed by atoms with Gasteiger partial charge in [-0.15, -0.1) is 0 Å². The number of nitrogens with two attached hydrogens (primary N) is 1. The first-order chi connectivity index (χ1) is 16.2. The van der Waals surface area contributed by atoms with Crippen LogP contribution in [0.4, 0.5) is 0 Å². The number of nitrogens with zero attached hydrogens (tertiary/aromatic N) is 2. The Morgan fingerprint density at radius 1 is 0.939 bits per heavy atom.